The summed E-state index contributed by atoms with van der Waals surface area (Å²) >= 11 is 0. The lowest BCUT2D eigenvalue weighted by Gasteiger charge is -2.15. The van der Waals surface area contributed by atoms with Crippen molar-refractivity contribution in [1.82, 2.24) is 0 Å². The molecule has 5 heteroatoms. The lowest BCUT2D eigenvalue weighted by atomic mass is 9.97. The molecule has 1 unspecified atom stereocenters. The highest BCUT2D eigenvalue weighted by atomic mass is 31.2. The number of unbranched alkanes of at least 4 members (excludes halogenated alkanes) is 2. The first-order valence-corrected chi connectivity index (χ1v) is 9.41. The standard InChI is InChI=1S/C16H27O4P/c1-4-6-8-14-10-13(12-21(18,19)20-3)11-15(16(14)17)9-7-5-2/h10-11,17H,4-9,12H2,1-3H3,(H,18,19). The van der Waals surface area contributed by atoms with Gasteiger partial charge in [0.2, 0.25) is 0 Å². The van der Waals surface area contributed by atoms with E-state index in [0.717, 1.165) is 55.2 Å². The number of hydrogen-bond acceptors (Lipinski definition) is 3. The van der Waals surface area contributed by atoms with Crippen LogP contribution < -0.4 is 0 Å². The molecular formula is C16H27O4P. The van der Waals surface area contributed by atoms with Crippen LogP contribution in [-0.4, -0.2) is 17.1 Å². The number of hydrogen-bond donors (Lipinski definition) is 2. The largest absolute Gasteiger partial charge is 0.507 e. The fourth-order valence-electron chi connectivity index (χ4n) is 2.33. The topological polar surface area (TPSA) is 66.8 Å². The molecule has 0 spiro atoms. The molecule has 0 fully saturated rings. The van der Waals surface area contributed by atoms with Crippen molar-refractivity contribution in [3.05, 3.63) is 28.8 Å². The van der Waals surface area contributed by atoms with Gasteiger partial charge in [-0.25, -0.2) is 0 Å². The first-order valence-electron chi connectivity index (χ1n) is 7.64. The second kappa shape index (κ2) is 8.57. The van der Waals surface area contributed by atoms with Crippen LogP contribution in [0.1, 0.15) is 56.2 Å². The predicted octanol–water partition coefficient (Wildman–Crippen LogP) is 4.41. The number of rotatable bonds is 9. The zero-order valence-corrected chi connectivity index (χ0v) is 14.2. The Labute approximate surface area is 127 Å². The zero-order chi connectivity index (χ0) is 15.9. The van der Waals surface area contributed by atoms with Crippen molar-refractivity contribution in [2.24, 2.45) is 0 Å². The molecule has 0 heterocycles. The van der Waals surface area contributed by atoms with Gasteiger partial charge in [-0.15, -0.1) is 0 Å². The van der Waals surface area contributed by atoms with Gasteiger partial charge in [0.1, 0.15) is 5.75 Å². The normalized spacial score (nSPS) is 14.1. The van der Waals surface area contributed by atoms with Gasteiger partial charge in [-0.2, -0.15) is 0 Å². The van der Waals surface area contributed by atoms with Gasteiger partial charge in [0, 0.05) is 7.11 Å². The van der Waals surface area contributed by atoms with E-state index in [0.29, 0.717) is 5.75 Å². The third-order valence-electron chi connectivity index (χ3n) is 3.59. The second-order valence-electron chi connectivity index (χ2n) is 5.45. The molecular weight excluding hydrogens is 287 g/mol. The van der Waals surface area contributed by atoms with E-state index in [1.54, 1.807) is 0 Å². The van der Waals surface area contributed by atoms with Gasteiger partial charge in [-0.1, -0.05) is 38.8 Å². The first kappa shape index (κ1) is 18.2. The SMILES string of the molecule is CCCCc1cc(CP(=O)(O)OC)cc(CCCC)c1O. The fourth-order valence-corrected chi connectivity index (χ4v) is 3.11. The van der Waals surface area contributed by atoms with Crippen LogP contribution in [0.15, 0.2) is 12.1 Å². The van der Waals surface area contributed by atoms with Gasteiger partial charge in [-0.05, 0) is 42.4 Å². The van der Waals surface area contributed by atoms with Crippen LogP contribution in [0.4, 0.5) is 0 Å². The van der Waals surface area contributed by atoms with E-state index in [2.05, 4.69) is 18.4 Å². The van der Waals surface area contributed by atoms with Crippen LogP contribution in [0.3, 0.4) is 0 Å². The van der Waals surface area contributed by atoms with Crippen molar-refractivity contribution in [3.8, 4) is 5.75 Å². The van der Waals surface area contributed by atoms with Gasteiger partial charge >= 0.3 is 7.60 Å². The Kier molecular flexibility index (Phi) is 7.44. The quantitative estimate of drug-likeness (QED) is 0.663. The summed E-state index contributed by atoms with van der Waals surface area (Å²) in [7, 11) is -2.34. The van der Waals surface area contributed by atoms with Gasteiger partial charge in [0.15, 0.2) is 0 Å². The molecule has 1 atom stereocenters. The van der Waals surface area contributed by atoms with Crippen molar-refractivity contribution in [1.29, 1.82) is 0 Å². The van der Waals surface area contributed by atoms with Crippen molar-refractivity contribution in [3.63, 3.8) is 0 Å². The molecule has 0 amide bonds. The van der Waals surface area contributed by atoms with E-state index in [1.807, 2.05) is 12.1 Å². The number of aromatic hydroxyl groups is 1. The molecule has 21 heavy (non-hydrogen) atoms. The average Bonchev–Trinajstić information content (AvgIpc) is 2.45. The van der Waals surface area contributed by atoms with E-state index in [-0.39, 0.29) is 6.16 Å². The lowest BCUT2D eigenvalue weighted by molar-refractivity contribution is 0.314. The minimum absolute atomic E-state index is 0.0119. The summed E-state index contributed by atoms with van der Waals surface area (Å²) in [6, 6.07) is 3.67. The fraction of sp³-hybridized carbons (Fsp3) is 0.625. The maximum absolute atomic E-state index is 11.8. The summed E-state index contributed by atoms with van der Waals surface area (Å²) in [5.74, 6) is 0.353. The van der Waals surface area contributed by atoms with E-state index >= 15 is 0 Å². The maximum atomic E-state index is 11.8. The number of phenols is 1. The molecule has 4 nitrogen and oxygen atoms in total. The number of benzene rings is 1. The monoisotopic (exact) mass is 314 g/mol. The highest BCUT2D eigenvalue weighted by Crippen LogP contribution is 2.45. The van der Waals surface area contributed by atoms with Crippen LogP contribution >= 0.6 is 7.60 Å². The van der Waals surface area contributed by atoms with Crippen LogP contribution in [0.25, 0.3) is 0 Å². The van der Waals surface area contributed by atoms with Crippen molar-refractivity contribution >= 4 is 7.60 Å². The number of phenolic OH excluding ortho intramolecular Hbond substituents is 1. The summed E-state index contributed by atoms with van der Waals surface area (Å²) in [6.45, 7) is 4.21. The van der Waals surface area contributed by atoms with E-state index in [9.17, 15) is 14.6 Å². The Morgan fingerprint density at radius 1 is 1.10 bits per heavy atom. The van der Waals surface area contributed by atoms with Gasteiger partial charge < -0.3 is 14.5 Å². The Balaban J connectivity index is 3.09. The highest BCUT2D eigenvalue weighted by Gasteiger charge is 2.20. The van der Waals surface area contributed by atoms with Gasteiger partial charge in [0.25, 0.3) is 0 Å². The Hall–Kier alpha value is -0.830. The first-order chi connectivity index (χ1) is 9.93. The Bertz CT molecular complexity index is 470. The minimum atomic E-state index is -3.58. The van der Waals surface area contributed by atoms with Crippen molar-refractivity contribution in [2.75, 3.05) is 7.11 Å². The van der Waals surface area contributed by atoms with Crippen molar-refractivity contribution < 1.29 is 19.1 Å². The lowest BCUT2D eigenvalue weighted by Crippen LogP contribution is -1.98. The molecule has 120 valence electrons. The molecule has 0 radical (unpaired) electrons. The van der Waals surface area contributed by atoms with Crippen LogP contribution in [-0.2, 0) is 28.1 Å². The smallest absolute Gasteiger partial charge is 0.332 e. The van der Waals surface area contributed by atoms with Crippen LogP contribution in [0, 0.1) is 0 Å². The van der Waals surface area contributed by atoms with E-state index in [4.69, 9.17) is 0 Å². The summed E-state index contributed by atoms with van der Waals surface area (Å²) < 4.78 is 16.4. The van der Waals surface area contributed by atoms with Crippen LogP contribution in [0.2, 0.25) is 0 Å². The summed E-state index contributed by atoms with van der Waals surface area (Å²) in [4.78, 5) is 9.65. The molecule has 0 saturated carbocycles. The molecule has 1 aromatic rings. The third kappa shape index (κ3) is 5.82. The third-order valence-corrected chi connectivity index (χ3v) is 4.93. The molecule has 0 aliphatic rings. The molecule has 0 aliphatic carbocycles. The van der Waals surface area contributed by atoms with Gasteiger partial charge in [0.05, 0.1) is 6.16 Å². The Morgan fingerprint density at radius 3 is 1.95 bits per heavy atom. The van der Waals surface area contributed by atoms with Crippen molar-refractivity contribution in [2.45, 2.75) is 58.5 Å². The highest BCUT2D eigenvalue weighted by molar-refractivity contribution is 7.51. The molecule has 1 aromatic carbocycles. The molecule has 1 rings (SSSR count). The second-order valence-corrected chi connectivity index (χ2v) is 7.40. The summed E-state index contributed by atoms with van der Waals surface area (Å²) in [5, 5.41) is 10.4. The van der Waals surface area contributed by atoms with Crippen LogP contribution in [0.5, 0.6) is 5.75 Å². The maximum Gasteiger partial charge on any atom is 0.332 e. The predicted molar refractivity (Wildman–Crippen MR) is 85.9 cm³/mol. The molecule has 0 aliphatic heterocycles. The molecule has 0 aromatic heterocycles. The summed E-state index contributed by atoms with van der Waals surface area (Å²) in [5.41, 5.74) is 2.51. The van der Waals surface area contributed by atoms with E-state index < -0.39 is 7.60 Å². The zero-order valence-electron chi connectivity index (χ0n) is 13.3. The minimum Gasteiger partial charge on any atom is -0.507 e. The number of aryl methyl sites for hydroxylation is 2. The van der Waals surface area contributed by atoms with Gasteiger partial charge in [-0.3, -0.25) is 4.57 Å². The Morgan fingerprint density at radius 2 is 1.57 bits per heavy atom. The summed E-state index contributed by atoms with van der Waals surface area (Å²) in [6.07, 6.45) is 5.64. The van der Waals surface area contributed by atoms with E-state index in [1.165, 1.54) is 7.11 Å². The molecule has 0 saturated heterocycles. The molecule has 2 N–H and O–H groups in total. The molecule has 0 bridgehead atoms. The average molecular weight is 314 g/mol.